The Kier molecular flexibility index (Phi) is 6.26. The maximum absolute atomic E-state index is 12.5. The number of imidazole rings is 1. The maximum atomic E-state index is 12.5. The summed E-state index contributed by atoms with van der Waals surface area (Å²) in [5.74, 6) is 0.612. The molecule has 0 fully saturated rings. The van der Waals surface area contributed by atoms with Crippen LogP contribution in [0, 0.1) is 6.92 Å². The first-order valence-corrected chi connectivity index (χ1v) is 10.2. The van der Waals surface area contributed by atoms with Crippen LogP contribution in [-0.2, 0) is 6.54 Å². The van der Waals surface area contributed by atoms with Crippen LogP contribution in [0.4, 0.5) is 0 Å². The van der Waals surface area contributed by atoms with Crippen LogP contribution >= 0.6 is 11.3 Å². The van der Waals surface area contributed by atoms with Gasteiger partial charge in [0, 0.05) is 16.1 Å². The normalized spacial score (nSPS) is 12.4. The smallest absolute Gasteiger partial charge is 0.251 e. The van der Waals surface area contributed by atoms with Gasteiger partial charge in [0.15, 0.2) is 5.82 Å². The van der Waals surface area contributed by atoms with E-state index >= 15 is 0 Å². The number of amides is 1. The number of H-pyrrole nitrogens is 1. The van der Waals surface area contributed by atoms with E-state index in [4.69, 9.17) is 0 Å². The Bertz CT molecular complexity index is 1040. The van der Waals surface area contributed by atoms with Gasteiger partial charge in [0.05, 0.1) is 17.6 Å². The quantitative estimate of drug-likeness (QED) is 0.407. The molecule has 3 N–H and O–H groups in total. The third-order valence-corrected chi connectivity index (χ3v) is 5.55. The average Bonchev–Trinajstić information content (AvgIpc) is 3.31. The van der Waals surface area contributed by atoms with Gasteiger partial charge in [-0.2, -0.15) is 5.10 Å². The molecule has 146 valence electrons. The van der Waals surface area contributed by atoms with Crippen LogP contribution in [0.2, 0.25) is 0 Å². The van der Waals surface area contributed by atoms with Crippen LogP contribution in [0.5, 0.6) is 0 Å². The molecule has 3 rings (SSSR count). The van der Waals surface area contributed by atoms with Gasteiger partial charge in [-0.3, -0.25) is 10.2 Å². The Balaban J connectivity index is 1.78. The van der Waals surface area contributed by atoms with Crippen LogP contribution < -0.4 is 10.7 Å². The standard InChI is InChI=1S/C21H25N5OS/c1-5-14(4)25-26-16(6-2)20-23-17-8-7-15(11-18(17)24-20)21(27)22-12-19-13(3)9-10-28-19/h5,7-11,25H,6,12H2,1-4H3,(H,22,27)(H,23,24)/b14-5+,26-16+. The maximum Gasteiger partial charge on any atom is 0.251 e. The minimum Gasteiger partial charge on any atom is -0.347 e. The molecule has 28 heavy (non-hydrogen) atoms. The highest BCUT2D eigenvalue weighted by Crippen LogP contribution is 2.17. The van der Waals surface area contributed by atoms with Crippen molar-refractivity contribution in [3.05, 3.63) is 63.2 Å². The number of nitrogens with zero attached hydrogens (tertiary/aromatic N) is 2. The van der Waals surface area contributed by atoms with Gasteiger partial charge in [0.1, 0.15) is 5.71 Å². The van der Waals surface area contributed by atoms with Crippen LogP contribution in [-0.4, -0.2) is 21.6 Å². The summed E-state index contributed by atoms with van der Waals surface area (Å²) in [6.07, 6.45) is 2.69. The average molecular weight is 396 g/mol. The number of hydrazone groups is 1. The van der Waals surface area contributed by atoms with E-state index in [-0.39, 0.29) is 5.91 Å². The molecule has 0 radical (unpaired) electrons. The molecule has 7 heteroatoms. The lowest BCUT2D eigenvalue weighted by Crippen LogP contribution is -2.22. The van der Waals surface area contributed by atoms with Crippen molar-refractivity contribution in [1.82, 2.24) is 20.7 Å². The second-order valence-corrected chi connectivity index (χ2v) is 7.52. The molecule has 3 aromatic rings. The number of carbonyl (C=O) groups excluding carboxylic acids is 1. The van der Waals surface area contributed by atoms with Gasteiger partial charge in [-0.1, -0.05) is 13.0 Å². The van der Waals surface area contributed by atoms with E-state index in [1.165, 1.54) is 10.4 Å². The molecule has 6 nitrogen and oxygen atoms in total. The SMILES string of the molecule is C/C=C(\C)N/N=C(\CC)c1nc2ccc(C(=O)NCc3sccc3C)cc2[nH]1. The summed E-state index contributed by atoms with van der Waals surface area (Å²) in [6, 6.07) is 7.55. The van der Waals surface area contributed by atoms with Gasteiger partial charge >= 0.3 is 0 Å². The van der Waals surface area contributed by atoms with Crippen molar-refractivity contribution >= 4 is 34.0 Å². The summed E-state index contributed by atoms with van der Waals surface area (Å²) in [6.45, 7) is 8.53. The molecule has 0 aliphatic heterocycles. The van der Waals surface area contributed by atoms with E-state index in [1.54, 1.807) is 17.4 Å². The molecular formula is C21H25N5OS. The predicted octanol–water partition coefficient (Wildman–Crippen LogP) is 4.49. The van der Waals surface area contributed by atoms with Crippen molar-refractivity contribution in [2.75, 3.05) is 0 Å². The van der Waals surface area contributed by atoms with E-state index in [1.807, 2.05) is 44.4 Å². The summed E-state index contributed by atoms with van der Waals surface area (Å²) >= 11 is 1.65. The fourth-order valence-corrected chi connectivity index (χ4v) is 3.50. The largest absolute Gasteiger partial charge is 0.347 e. The van der Waals surface area contributed by atoms with Crippen molar-refractivity contribution in [3.8, 4) is 0 Å². The second kappa shape index (κ2) is 8.84. The van der Waals surface area contributed by atoms with Gasteiger partial charge in [0.25, 0.3) is 5.91 Å². The number of nitrogens with one attached hydrogen (secondary N) is 3. The predicted molar refractivity (Wildman–Crippen MR) is 116 cm³/mol. The first-order chi connectivity index (χ1) is 13.5. The lowest BCUT2D eigenvalue weighted by atomic mass is 10.2. The zero-order chi connectivity index (χ0) is 20.1. The number of benzene rings is 1. The highest BCUT2D eigenvalue weighted by Gasteiger charge is 2.12. The summed E-state index contributed by atoms with van der Waals surface area (Å²) in [4.78, 5) is 21.6. The molecule has 0 aliphatic carbocycles. The molecule has 0 aliphatic rings. The second-order valence-electron chi connectivity index (χ2n) is 6.52. The molecule has 2 aromatic heterocycles. The van der Waals surface area contributed by atoms with E-state index in [9.17, 15) is 4.79 Å². The number of aromatic amines is 1. The van der Waals surface area contributed by atoms with Crippen LogP contribution in [0.15, 0.2) is 46.5 Å². The van der Waals surface area contributed by atoms with Gasteiger partial charge in [-0.05, 0) is 62.4 Å². The van der Waals surface area contributed by atoms with Crippen LogP contribution in [0.3, 0.4) is 0 Å². The number of hydrogen-bond donors (Lipinski definition) is 3. The third kappa shape index (κ3) is 4.48. The molecule has 0 spiro atoms. The molecule has 0 saturated carbocycles. The minimum absolute atomic E-state index is 0.0967. The van der Waals surface area contributed by atoms with Crippen LogP contribution in [0.25, 0.3) is 11.0 Å². The number of allylic oxidation sites excluding steroid dienone is 2. The minimum atomic E-state index is -0.0967. The fourth-order valence-electron chi connectivity index (χ4n) is 2.66. The van der Waals surface area contributed by atoms with Crippen LogP contribution in [0.1, 0.15) is 53.8 Å². The molecule has 1 amide bonds. The number of hydrogen-bond acceptors (Lipinski definition) is 5. The molecule has 0 atom stereocenters. The van der Waals surface area contributed by atoms with Gasteiger partial charge < -0.3 is 10.3 Å². The van der Waals surface area contributed by atoms with Crippen molar-refractivity contribution in [3.63, 3.8) is 0 Å². The molecular weight excluding hydrogens is 370 g/mol. The molecule has 0 unspecified atom stereocenters. The van der Waals surface area contributed by atoms with E-state index < -0.39 is 0 Å². The number of thiophene rings is 1. The number of aromatic nitrogens is 2. The summed E-state index contributed by atoms with van der Waals surface area (Å²) in [7, 11) is 0. The summed E-state index contributed by atoms with van der Waals surface area (Å²) in [5.41, 5.74) is 8.26. The first-order valence-electron chi connectivity index (χ1n) is 9.28. The third-order valence-electron chi connectivity index (χ3n) is 4.53. The number of fused-ring (bicyclic) bond motifs is 1. The fraction of sp³-hybridized carbons (Fsp3) is 0.286. The highest BCUT2D eigenvalue weighted by molar-refractivity contribution is 7.10. The molecule has 0 saturated heterocycles. The Labute approximate surface area is 168 Å². The molecule has 2 heterocycles. The van der Waals surface area contributed by atoms with Gasteiger partial charge in [-0.25, -0.2) is 4.98 Å². The lowest BCUT2D eigenvalue weighted by Gasteiger charge is -2.04. The topological polar surface area (TPSA) is 82.2 Å². The number of aryl methyl sites for hydroxylation is 1. The monoisotopic (exact) mass is 395 g/mol. The summed E-state index contributed by atoms with van der Waals surface area (Å²) < 4.78 is 0. The number of rotatable bonds is 7. The number of carbonyl (C=O) groups is 1. The van der Waals surface area contributed by atoms with E-state index in [2.05, 4.69) is 38.8 Å². The van der Waals surface area contributed by atoms with Crippen molar-refractivity contribution in [2.24, 2.45) is 5.10 Å². The van der Waals surface area contributed by atoms with Gasteiger partial charge in [-0.15, -0.1) is 11.3 Å². The van der Waals surface area contributed by atoms with Crippen molar-refractivity contribution < 1.29 is 4.79 Å². The summed E-state index contributed by atoms with van der Waals surface area (Å²) in [5, 5.41) is 9.45. The molecule has 0 bridgehead atoms. The van der Waals surface area contributed by atoms with Gasteiger partial charge in [0.2, 0.25) is 0 Å². The Hall–Kier alpha value is -2.93. The van der Waals surface area contributed by atoms with E-state index in [0.717, 1.165) is 28.9 Å². The van der Waals surface area contributed by atoms with Crippen molar-refractivity contribution in [2.45, 2.75) is 40.7 Å². The highest BCUT2D eigenvalue weighted by atomic mass is 32.1. The zero-order valence-electron chi connectivity index (χ0n) is 16.6. The van der Waals surface area contributed by atoms with E-state index in [0.29, 0.717) is 17.9 Å². The first kappa shape index (κ1) is 19.8. The van der Waals surface area contributed by atoms with Crippen molar-refractivity contribution in [1.29, 1.82) is 0 Å². The Morgan fingerprint density at radius 1 is 1.36 bits per heavy atom. The lowest BCUT2D eigenvalue weighted by molar-refractivity contribution is 0.0951. The Morgan fingerprint density at radius 2 is 2.18 bits per heavy atom. The zero-order valence-corrected chi connectivity index (χ0v) is 17.4. The Morgan fingerprint density at radius 3 is 2.86 bits per heavy atom. The molecule has 1 aromatic carbocycles.